The van der Waals surface area contributed by atoms with Gasteiger partial charge in [-0.3, -0.25) is 4.98 Å². The Balaban J connectivity index is 2.27. The van der Waals surface area contributed by atoms with E-state index in [-0.39, 0.29) is 12.0 Å². The minimum Gasteiger partial charge on any atom is -0.337 e. The number of rotatable bonds is 3. The van der Waals surface area contributed by atoms with Crippen LogP contribution in [-0.2, 0) is 0 Å². The Hall–Kier alpha value is -1.82. The fourth-order valence-electron chi connectivity index (χ4n) is 1.17. The van der Waals surface area contributed by atoms with Crippen LogP contribution in [0.25, 0.3) is 11.5 Å². The number of nitrogens with two attached hydrogens (primary N) is 1. The normalized spacial score (nSPS) is 13.0. The summed E-state index contributed by atoms with van der Waals surface area (Å²) in [6.45, 7) is 3.99. The maximum absolute atomic E-state index is 5.90. The molecule has 0 aromatic carbocycles. The predicted octanol–water partition coefficient (Wildman–Crippen LogP) is 1.18. The molecule has 0 fully saturated rings. The average Bonchev–Trinajstić information content (AvgIpc) is 2.78. The average molecular weight is 219 g/mol. The van der Waals surface area contributed by atoms with Crippen molar-refractivity contribution in [3.05, 3.63) is 24.5 Å². The molecule has 0 aliphatic carbocycles. The lowest BCUT2D eigenvalue weighted by molar-refractivity contribution is 0.325. The van der Waals surface area contributed by atoms with Crippen LogP contribution < -0.4 is 5.73 Å². The molecule has 84 valence electrons. The number of aromatic nitrogens is 4. The molecule has 0 radical (unpaired) electrons. The largest absolute Gasteiger partial charge is 0.337 e. The van der Waals surface area contributed by atoms with E-state index < -0.39 is 0 Å². The second kappa shape index (κ2) is 4.36. The number of hydrogen-bond acceptors (Lipinski definition) is 6. The van der Waals surface area contributed by atoms with Gasteiger partial charge >= 0.3 is 0 Å². The first-order valence-electron chi connectivity index (χ1n) is 5.04. The van der Waals surface area contributed by atoms with Crippen LogP contribution in [0.5, 0.6) is 0 Å². The molecule has 1 atom stereocenters. The highest BCUT2D eigenvalue weighted by Gasteiger charge is 2.18. The minimum atomic E-state index is -0.252. The monoisotopic (exact) mass is 219 g/mol. The zero-order valence-corrected chi connectivity index (χ0v) is 9.16. The SMILES string of the molecule is CC(C)[C@@H](N)c1nc(-c2cnccn2)no1. The molecule has 0 spiro atoms. The zero-order valence-electron chi connectivity index (χ0n) is 9.16. The van der Waals surface area contributed by atoms with Crippen LogP contribution in [0, 0.1) is 5.92 Å². The summed E-state index contributed by atoms with van der Waals surface area (Å²) in [5.74, 6) is 1.09. The first-order chi connectivity index (χ1) is 7.68. The standard InChI is InChI=1S/C10H13N5O/c1-6(2)8(11)10-14-9(15-16-10)7-5-12-3-4-13-7/h3-6,8H,11H2,1-2H3/t8-/m1/s1. The van der Waals surface area contributed by atoms with Crippen LogP contribution >= 0.6 is 0 Å². The van der Waals surface area contributed by atoms with E-state index in [9.17, 15) is 0 Å². The van der Waals surface area contributed by atoms with Gasteiger partial charge in [0.25, 0.3) is 0 Å². The van der Waals surface area contributed by atoms with E-state index in [1.165, 1.54) is 0 Å². The predicted molar refractivity (Wildman–Crippen MR) is 57.1 cm³/mol. The molecule has 6 heteroatoms. The smallest absolute Gasteiger partial charge is 0.244 e. The highest BCUT2D eigenvalue weighted by atomic mass is 16.5. The molecule has 2 heterocycles. The fourth-order valence-corrected chi connectivity index (χ4v) is 1.17. The molecule has 0 bridgehead atoms. The lowest BCUT2D eigenvalue weighted by Crippen LogP contribution is -2.16. The van der Waals surface area contributed by atoms with Gasteiger partial charge in [0.1, 0.15) is 5.69 Å². The Labute approximate surface area is 92.9 Å². The van der Waals surface area contributed by atoms with Crippen molar-refractivity contribution in [1.29, 1.82) is 0 Å². The van der Waals surface area contributed by atoms with Crippen molar-refractivity contribution in [2.75, 3.05) is 0 Å². The molecule has 2 rings (SSSR count). The lowest BCUT2D eigenvalue weighted by atomic mass is 10.1. The highest BCUT2D eigenvalue weighted by Crippen LogP contribution is 2.19. The maximum atomic E-state index is 5.90. The summed E-state index contributed by atoms with van der Waals surface area (Å²) in [4.78, 5) is 12.2. The van der Waals surface area contributed by atoms with E-state index in [1.54, 1.807) is 18.6 Å². The van der Waals surface area contributed by atoms with Crippen molar-refractivity contribution >= 4 is 0 Å². The maximum Gasteiger partial charge on any atom is 0.244 e. The van der Waals surface area contributed by atoms with Gasteiger partial charge in [-0.25, -0.2) is 4.98 Å². The fraction of sp³-hybridized carbons (Fsp3) is 0.400. The number of hydrogen-bond donors (Lipinski definition) is 1. The van der Waals surface area contributed by atoms with Crippen LogP contribution in [-0.4, -0.2) is 20.1 Å². The van der Waals surface area contributed by atoms with Gasteiger partial charge in [-0.15, -0.1) is 0 Å². The summed E-state index contributed by atoms with van der Waals surface area (Å²) < 4.78 is 5.09. The van der Waals surface area contributed by atoms with Gasteiger partial charge in [-0.05, 0) is 5.92 Å². The quantitative estimate of drug-likeness (QED) is 0.833. The Kier molecular flexibility index (Phi) is 2.91. The van der Waals surface area contributed by atoms with E-state index in [0.29, 0.717) is 17.4 Å². The van der Waals surface area contributed by atoms with Crippen LogP contribution in [0.3, 0.4) is 0 Å². The van der Waals surface area contributed by atoms with Gasteiger partial charge in [0, 0.05) is 12.4 Å². The molecule has 0 aliphatic rings. The highest BCUT2D eigenvalue weighted by molar-refractivity contribution is 5.45. The molecular formula is C10H13N5O. The summed E-state index contributed by atoms with van der Waals surface area (Å²) in [5.41, 5.74) is 6.47. The molecule has 0 saturated heterocycles. The van der Waals surface area contributed by atoms with Gasteiger partial charge in [0.2, 0.25) is 11.7 Å². The second-order valence-corrected chi connectivity index (χ2v) is 3.82. The topological polar surface area (TPSA) is 90.7 Å². The van der Waals surface area contributed by atoms with Gasteiger partial charge in [0.15, 0.2) is 0 Å². The van der Waals surface area contributed by atoms with E-state index >= 15 is 0 Å². The van der Waals surface area contributed by atoms with Crippen LogP contribution in [0.15, 0.2) is 23.1 Å². The lowest BCUT2D eigenvalue weighted by Gasteiger charge is -2.08. The van der Waals surface area contributed by atoms with E-state index in [1.807, 2.05) is 13.8 Å². The Morgan fingerprint density at radius 3 is 2.75 bits per heavy atom. The zero-order chi connectivity index (χ0) is 11.5. The second-order valence-electron chi connectivity index (χ2n) is 3.82. The third-order valence-electron chi connectivity index (χ3n) is 2.24. The van der Waals surface area contributed by atoms with Gasteiger partial charge in [-0.2, -0.15) is 4.98 Å². The Morgan fingerprint density at radius 1 is 1.31 bits per heavy atom. The summed E-state index contributed by atoms with van der Waals surface area (Å²) in [6, 6.07) is -0.252. The Morgan fingerprint density at radius 2 is 2.12 bits per heavy atom. The van der Waals surface area contributed by atoms with Crippen LogP contribution in [0.2, 0.25) is 0 Å². The first kappa shape index (κ1) is 10.7. The third kappa shape index (κ3) is 2.06. The van der Waals surface area contributed by atoms with E-state index in [2.05, 4.69) is 20.1 Å². The molecule has 0 aliphatic heterocycles. The molecule has 0 saturated carbocycles. The van der Waals surface area contributed by atoms with Gasteiger partial charge < -0.3 is 10.3 Å². The molecule has 2 N–H and O–H groups in total. The Bertz CT molecular complexity index is 453. The van der Waals surface area contributed by atoms with Crippen molar-refractivity contribution in [3.8, 4) is 11.5 Å². The van der Waals surface area contributed by atoms with E-state index in [4.69, 9.17) is 10.3 Å². The summed E-state index contributed by atoms with van der Waals surface area (Å²) in [7, 11) is 0. The molecule has 0 unspecified atom stereocenters. The molecule has 16 heavy (non-hydrogen) atoms. The van der Waals surface area contributed by atoms with Crippen molar-refractivity contribution in [2.24, 2.45) is 11.7 Å². The van der Waals surface area contributed by atoms with Crippen molar-refractivity contribution < 1.29 is 4.52 Å². The van der Waals surface area contributed by atoms with E-state index in [0.717, 1.165) is 0 Å². The minimum absolute atomic E-state index is 0.246. The van der Waals surface area contributed by atoms with Crippen molar-refractivity contribution in [2.45, 2.75) is 19.9 Å². The number of nitrogens with zero attached hydrogens (tertiary/aromatic N) is 4. The third-order valence-corrected chi connectivity index (χ3v) is 2.24. The molecule has 2 aromatic heterocycles. The molecular weight excluding hydrogens is 206 g/mol. The van der Waals surface area contributed by atoms with Crippen molar-refractivity contribution in [1.82, 2.24) is 20.1 Å². The molecule has 6 nitrogen and oxygen atoms in total. The summed E-state index contributed by atoms with van der Waals surface area (Å²) in [6.07, 6.45) is 4.74. The summed E-state index contributed by atoms with van der Waals surface area (Å²) >= 11 is 0. The van der Waals surface area contributed by atoms with Crippen LogP contribution in [0.4, 0.5) is 0 Å². The van der Waals surface area contributed by atoms with Crippen LogP contribution in [0.1, 0.15) is 25.8 Å². The molecule has 2 aromatic rings. The molecule has 0 amide bonds. The summed E-state index contributed by atoms with van der Waals surface area (Å²) in [5, 5.41) is 3.82. The van der Waals surface area contributed by atoms with Crippen molar-refractivity contribution in [3.63, 3.8) is 0 Å². The van der Waals surface area contributed by atoms with Gasteiger partial charge in [-0.1, -0.05) is 19.0 Å². The first-order valence-corrected chi connectivity index (χ1v) is 5.04. The van der Waals surface area contributed by atoms with Gasteiger partial charge in [0.05, 0.1) is 12.2 Å².